The summed E-state index contributed by atoms with van der Waals surface area (Å²) in [4.78, 5) is 13.2. The number of hydrogen-bond acceptors (Lipinski definition) is 3. The fraction of sp³-hybridized carbons (Fsp3) is 0. The molecule has 3 nitrogen and oxygen atoms in total. The number of nitrogen functional groups attached to an aromatic ring is 1. The number of aldehydes is 1. The Hall–Kier alpha value is -1.89. The molecule has 4 heteroatoms. The van der Waals surface area contributed by atoms with Crippen molar-refractivity contribution < 1.29 is 9.18 Å². The van der Waals surface area contributed by atoms with Crippen LogP contribution in [0.2, 0.25) is 0 Å². The number of anilines is 1. The predicted molar refractivity (Wildman–Crippen MR) is 41.5 cm³/mol. The van der Waals surface area contributed by atoms with Gasteiger partial charge < -0.3 is 5.73 Å². The number of pyridine rings is 1. The smallest absolute Gasteiger partial charge is 0.236 e. The van der Waals surface area contributed by atoms with Crippen LogP contribution >= 0.6 is 0 Å². The van der Waals surface area contributed by atoms with Crippen LogP contribution in [0.4, 0.5) is 10.1 Å². The molecule has 0 aliphatic heterocycles. The molecule has 1 rings (SSSR count). The van der Waals surface area contributed by atoms with Gasteiger partial charge in [0, 0.05) is 11.8 Å². The van der Waals surface area contributed by atoms with Crippen LogP contribution in [0.15, 0.2) is 12.3 Å². The molecule has 12 heavy (non-hydrogen) atoms. The lowest BCUT2D eigenvalue weighted by molar-refractivity contribution is -0.103. The molecule has 0 atom stereocenters. The van der Waals surface area contributed by atoms with Gasteiger partial charge in [-0.25, -0.2) is 4.98 Å². The van der Waals surface area contributed by atoms with Crippen molar-refractivity contribution in [1.29, 1.82) is 0 Å². The summed E-state index contributed by atoms with van der Waals surface area (Å²) < 4.78 is 12.5. The molecule has 0 aromatic carbocycles. The summed E-state index contributed by atoms with van der Waals surface area (Å²) >= 11 is 0. The summed E-state index contributed by atoms with van der Waals surface area (Å²) in [6, 6.07) is 1.32. The fourth-order valence-electron chi connectivity index (χ4n) is 0.646. The highest BCUT2D eigenvalue weighted by Crippen LogP contribution is 2.07. The summed E-state index contributed by atoms with van der Waals surface area (Å²) in [5, 5.41) is 0. The molecule has 0 radical (unpaired) electrons. The molecule has 0 saturated carbocycles. The third-order valence-electron chi connectivity index (χ3n) is 1.14. The first-order chi connectivity index (χ1) is 5.74. The van der Waals surface area contributed by atoms with E-state index in [9.17, 15) is 9.18 Å². The Labute approximate surface area is 68.4 Å². The van der Waals surface area contributed by atoms with E-state index in [-0.39, 0.29) is 5.69 Å². The highest BCUT2D eigenvalue weighted by atomic mass is 19.1. The maximum atomic E-state index is 12.5. The molecule has 60 valence electrons. The Balaban J connectivity index is 3.04. The highest BCUT2D eigenvalue weighted by molar-refractivity contribution is 5.74. The lowest BCUT2D eigenvalue weighted by Crippen LogP contribution is -1.94. The number of rotatable bonds is 0. The number of nitrogens with zero attached hydrogens (tertiary/aromatic N) is 1. The van der Waals surface area contributed by atoms with Gasteiger partial charge >= 0.3 is 0 Å². The molecular formula is C8H5FN2O. The zero-order valence-electron chi connectivity index (χ0n) is 6.04. The highest BCUT2D eigenvalue weighted by Gasteiger charge is 1.97. The van der Waals surface area contributed by atoms with Crippen LogP contribution in [0, 0.1) is 17.8 Å². The van der Waals surface area contributed by atoms with Crippen LogP contribution in [-0.2, 0) is 4.79 Å². The molecule has 0 fully saturated rings. The van der Waals surface area contributed by atoms with Crippen molar-refractivity contribution in [2.45, 2.75) is 0 Å². The summed E-state index contributed by atoms with van der Waals surface area (Å²) in [5.41, 5.74) is 5.54. The minimum atomic E-state index is -0.730. The zero-order chi connectivity index (χ0) is 8.97. The van der Waals surface area contributed by atoms with E-state index in [1.165, 1.54) is 12.3 Å². The molecule has 0 bridgehead atoms. The fourth-order valence-corrected chi connectivity index (χ4v) is 0.646. The van der Waals surface area contributed by atoms with Crippen LogP contribution in [0.1, 0.15) is 5.56 Å². The minimum absolute atomic E-state index is 0.0762. The van der Waals surface area contributed by atoms with Crippen molar-refractivity contribution in [3.05, 3.63) is 23.8 Å². The topological polar surface area (TPSA) is 56.0 Å². The van der Waals surface area contributed by atoms with E-state index < -0.39 is 5.95 Å². The van der Waals surface area contributed by atoms with Crippen LogP contribution < -0.4 is 5.73 Å². The van der Waals surface area contributed by atoms with Gasteiger partial charge in [-0.05, 0) is 12.0 Å². The van der Waals surface area contributed by atoms with E-state index in [2.05, 4.69) is 16.8 Å². The Bertz CT molecular complexity index is 365. The molecule has 0 aliphatic rings. The quantitative estimate of drug-likeness (QED) is 0.342. The second kappa shape index (κ2) is 3.49. The number of hydrogen-bond donors (Lipinski definition) is 1. The molecular weight excluding hydrogens is 159 g/mol. The largest absolute Gasteiger partial charge is 0.395 e. The number of carbonyl (C=O) groups is 1. The molecule has 0 saturated heterocycles. The molecule has 0 aliphatic carbocycles. The van der Waals surface area contributed by atoms with Crippen molar-refractivity contribution in [1.82, 2.24) is 4.98 Å². The van der Waals surface area contributed by atoms with E-state index >= 15 is 0 Å². The van der Waals surface area contributed by atoms with Crippen LogP contribution in [0.25, 0.3) is 0 Å². The number of nitrogens with two attached hydrogens (primary N) is 1. The average Bonchev–Trinajstić information content (AvgIpc) is 2.07. The van der Waals surface area contributed by atoms with E-state index in [4.69, 9.17) is 5.73 Å². The summed E-state index contributed by atoms with van der Waals surface area (Å²) in [6.45, 7) is 0. The van der Waals surface area contributed by atoms with Gasteiger partial charge in [-0.3, -0.25) is 4.79 Å². The van der Waals surface area contributed by atoms with Gasteiger partial charge in [0.2, 0.25) is 5.95 Å². The lowest BCUT2D eigenvalue weighted by atomic mass is 10.2. The Morgan fingerprint density at radius 1 is 1.67 bits per heavy atom. The Morgan fingerprint density at radius 3 is 3.00 bits per heavy atom. The van der Waals surface area contributed by atoms with Crippen molar-refractivity contribution in [3.8, 4) is 11.8 Å². The van der Waals surface area contributed by atoms with E-state index in [0.717, 1.165) is 0 Å². The van der Waals surface area contributed by atoms with E-state index in [0.29, 0.717) is 11.8 Å². The Kier molecular flexibility index (Phi) is 2.38. The first kappa shape index (κ1) is 8.21. The summed E-state index contributed by atoms with van der Waals surface area (Å²) in [7, 11) is 0. The second-order valence-corrected chi connectivity index (χ2v) is 1.99. The number of carbonyl (C=O) groups excluding carboxylic acids is 1. The molecule has 1 aromatic rings. The van der Waals surface area contributed by atoms with E-state index in [1.54, 1.807) is 0 Å². The maximum absolute atomic E-state index is 12.5. The molecule has 0 spiro atoms. The van der Waals surface area contributed by atoms with Gasteiger partial charge in [-0.15, -0.1) is 0 Å². The van der Waals surface area contributed by atoms with Crippen molar-refractivity contribution in [3.63, 3.8) is 0 Å². The minimum Gasteiger partial charge on any atom is -0.395 e. The van der Waals surface area contributed by atoms with Gasteiger partial charge in [-0.2, -0.15) is 4.39 Å². The van der Waals surface area contributed by atoms with Gasteiger partial charge in [0.1, 0.15) is 0 Å². The Morgan fingerprint density at radius 2 is 2.42 bits per heavy atom. The number of aromatic nitrogens is 1. The van der Waals surface area contributed by atoms with Crippen molar-refractivity contribution in [2.75, 3.05) is 5.73 Å². The average molecular weight is 164 g/mol. The molecule has 1 heterocycles. The first-order valence-electron chi connectivity index (χ1n) is 3.10. The predicted octanol–water partition coefficient (Wildman–Crippen LogP) is 0.353. The third kappa shape index (κ3) is 1.80. The van der Waals surface area contributed by atoms with Crippen LogP contribution in [-0.4, -0.2) is 11.3 Å². The zero-order valence-corrected chi connectivity index (χ0v) is 6.04. The molecule has 1 aromatic heterocycles. The first-order valence-corrected chi connectivity index (χ1v) is 3.10. The van der Waals surface area contributed by atoms with Crippen LogP contribution in [0.3, 0.4) is 0 Å². The van der Waals surface area contributed by atoms with Gasteiger partial charge in [0.25, 0.3) is 0 Å². The van der Waals surface area contributed by atoms with Gasteiger partial charge in [0.05, 0.1) is 5.69 Å². The van der Waals surface area contributed by atoms with Crippen LogP contribution in [0.5, 0.6) is 0 Å². The lowest BCUT2D eigenvalue weighted by Gasteiger charge is -1.93. The maximum Gasteiger partial charge on any atom is 0.236 e. The normalized spacial score (nSPS) is 8.42. The van der Waals surface area contributed by atoms with Gasteiger partial charge in [0.15, 0.2) is 6.29 Å². The van der Waals surface area contributed by atoms with Crippen molar-refractivity contribution in [2.24, 2.45) is 0 Å². The van der Waals surface area contributed by atoms with Crippen molar-refractivity contribution >= 4 is 12.0 Å². The standard InChI is InChI=1S/C8H5FN2O/c9-8-7(10)4-6(5-11-8)2-1-3-12/h3-5H,10H2. The summed E-state index contributed by atoms with van der Waals surface area (Å²) in [6.07, 6.45) is 1.65. The second-order valence-electron chi connectivity index (χ2n) is 1.99. The number of halogens is 1. The SMILES string of the molecule is Nc1cc(C#CC=O)cnc1F. The molecule has 0 unspecified atom stereocenters. The third-order valence-corrected chi connectivity index (χ3v) is 1.14. The molecule has 0 amide bonds. The molecule has 2 N–H and O–H groups in total. The van der Waals surface area contributed by atoms with Gasteiger partial charge in [-0.1, -0.05) is 5.92 Å². The van der Waals surface area contributed by atoms with E-state index in [1.807, 2.05) is 0 Å². The summed E-state index contributed by atoms with van der Waals surface area (Å²) in [5.74, 6) is 3.87. The monoisotopic (exact) mass is 164 g/mol.